The van der Waals surface area contributed by atoms with Crippen LogP contribution in [0.4, 0.5) is 23.2 Å². The largest absolute Gasteiger partial charge is 0.417 e. The summed E-state index contributed by atoms with van der Waals surface area (Å²) in [7, 11) is 0. The Hall–Kier alpha value is -2.59. The van der Waals surface area contributed by atoms with Gasteiger partial charge in [-0.25, -0.2) is 4.39 Å². The molecule has 1 heterocycles. The number of benzene rings is 2. The number of nitrogens with one attached hydrogen (secondary N) is 1. The topological polar surface area (TPSA) is 68.0 Å². The molecule has 1 aromatic heterocycles. The number of amides is 1. The van der Waals surface area contributed by atoms with Crippen LogP contribution < -0.4 is 5.32 Å². The summed E-state index contributed by atoms with van der Waals surface area (Å²) >= 11 is 6.42. The average molecular weight is 432 g/mol. The molecule has 0 saturated carbocycles. The van der Waals surface area contributed by atoms with E-state index in [2.05, 4.69) is 15.5 Å². The predicted molar refractivity (Wildman–Crippen MR) is 95.5 cm³/mol. The summed E-state index contributed by atoms with van der Waals surface area (Å²) in [6.45, 7) is 0. The molecule has 0 unspecified atom stereocenters. The second-order valence-corrected chi connectivity index (χ2v) is 6.75. The van der Waals surface area contributed by atoms with Gasteiger partial charge in [0.2, 0.25) is 11.8 Å². The number of hydrogen-bond acceptors (Lipinski definition) is 5. The second-order valence-electron chi connectivity index (χ2n) is 5.41. The smallest absolute Gasteiger partial charge is 0.411 e. The number of carbonyl (C=O) groups excluding carboxylic acids is 1. The highest BCUT2D eigenvalue weighted by Crippen LogP contribution is 2.36. The summed E-state index contributed by atoms with van der Waals surface area (Å²) in [5.41, 5.74) is -0.714. The van der Waals surface area contributed by atoms with E-state index in [-0.39, 0.29) is 22.6 Å². The van der Waals surface area contributed by atoms with Gasteiger partial charge >= 0.3 is 6.18 Å². The second kappa shape index (κ2) is 8.19. The van der Waals surface area contributed by atoms with Gasteiger partial charge in [0, 0.05) is 11.3 Å². The van der Waals surface area contributed by atoms with Crippen LogP contribution in [0, 0.1) is 5.82 Å². The lowest BCUT2D eigenvalue weighted by Crippen LogP contribution is -2.15. The summed E-state index contributed by atoms with van der Waals surface area (Å²) in [5, 5.41) is 9.43. The van der Waals surface area contributed by atoms with Crippen molar-refractivity contribution < 1.29 is 26.8 Å². The van der Waals surface area contributed by atoms with Gasteiger partial charge in [-0.15, -0.1) is 10.2 Å². The van der Waals surface area contributed by atoms with Gasteiger partial charge in [0.1, 0.15) is 5.82 Å². The molecule has 0 aliphatic rings. The van der Waals surface area contributed by atoms with Crippen molar-refractivity contribution in [3.05, 3.63) is 58.9 Å². The van der Waals surface area contributed by atoms with E-state index in [9.17, 15) is 22.4 Å². The molecule has 0 bridgehead atoms. The van der Waals surface area contributed by atoms with E-state index < -0.39 is 28.5 Å². The fraction of sp³-hybridized carbons (Fsp3) is 0.118. The lowest BCUT2D eigenvalue weighted by Gasteiger charge is -2.11. The minimum atomic E-state index is -4.64. The first-order valence-corrected chi connectivity index (χ1v) is 8.97. The molecule has 146 valence electrons. The number of aromatic nitrogens is 2. The highest BCUT2D eigenvalue weighted by atomic mass is 35.5. The quantitative estimate of drug-likeness (QED) is 0.440. The third-order valence-electron chi connectivity index (χ3n) is 3.36. The zero-order chi connectivity index (χ0) is 20.3. The molecule has 1 N–H and O–H groups in total. The Balaban J connectivity index is 1.61. The van der Waals surface area contributed by atoms with E-state index in [0.717, 1.165) is 23.9 Å². The third-order valence-corrected chi connectivity index (χ3v) is 4.51. The lowest BCUT2D eigenvalue weighted by molar-refractivity contribution is -0.137. The van der Waals surface area contributed by atoms with Crippen LogP contribution in [0.15, 0.2) is 52.1 Å². The van der Waals surface area contributed by atoms with Crippen molar-refractivity contribution in [1.82, 2.24) is 10.2 Å². The lowest BCUT2D eigenvalue weighted by atomic mass is 10.2. The standard InChI is InChI=1S/C17H10ClF4N3O2S/c18-13-5-4-11(7-12(13)17(20,21)22)23-14(26)8-28-16-25-24-15(27-16)9-2-1-3-10(19)6-9/h1-7H,8H2,(H,23,26). The third kappa shape index (κ3) is 5.02. The molecule has 1 amide bonds. The Morgan fingerprint density at radius 2 is 1.96 bits per heavy atom. The van der Waals surface area contributed by atoms with E-state index in [0.29, 0.717) is 5.56 Å². The van der Waals surface area contributed by atoms with Crippen LogP contribution in [0.25, 0.3) is 11.5 Å². The molecule has 0 aliphatic heterocycles. The summed E-state index contributed by atoms with van der Waals surface area (Å²) in [6.07, 6.45) is -4.64. The molecule has 5 nitrogen and oxygen atoms in total. The van der Waals surface area contributed by atoms with Crippen LogP contribution in [0.1, 0.15) is 5.56 Å². The van der Waals surface area contributed by atoms with E-state index in [1.165, 1.54) is 24.3 Å². The van der Waals surface area contributed by atoms with Crippen molar-refractivity contribution in [3.8, 4) is 11.5 Å². The number of alkyl halides is 3. The first-order chi connectivity index (χ1) is 13.2. The maximum absolute atomic E-state index is 13.2. The highest BCUT2D eigenvalue weighted by Gasteiger charge is 2.33. The maximum atomic E-state index is 13.2. The van der Waals surface area contributed by atoms with E-state index >= 15 is 0 Å². The monoisotopic (exact) mass is 431 g/mol. The Morgan fingerprint density at radius 3 is 2.68 bits per heavy atom. The van der Waals surface area contributed by atoms with Gasteiger partial charge in [0.05, 0.1) is 16.3 Å². The zero-order valence-electron chi connectivity index (χ0n) is 13.8. The molecule has 3 aromatic rings. The van der Waals surface area contributed by atoms with E-state index in [4.69, 9.17) is 16.0 Å². The van der Waals surface area contributed by atoms with Gasteiger partial charge in [-0.2, -0.15) is 13.2 Å². The number of carbonyl (C=O) groups is 1. The molecule has 0 radical (unpaired) electrons. The van der Waals surface area contributed by atoms with Crippen LogP contribution in [0.2, 0.25) is 5.02 Å². The van der Waals surface area contributed by atoms with Crippen LogP contribution in [-0.4, -0.2) is 21.9 Å². The molecule has 0 atom stereocenters. The van der Waals surface area contributed by atoms with Crippen molar-refractivity contribution >= 4 is 35.0 Å². The van der Waals surface area contributed by atoms with Crippen LogP contribution in [-0.2, 0) is 11.0 Å². The van der Waals surface area contributed by atoms with Gasteiger partial charge in [0.25, 0.3) is 5.22 Å². The number of hydrogen-bond donors (Lipinski definition) is 1. The average Bonchev–Trinajstić information content (AvgIpc) is 3.10. The Kier molecular flexibility index (Phi) is 5.90. The fourth-order valence-corrected chi connectivity index (χ4v) is 2.94. The SMILES string of the molecule is O=C(CSc1nnc(-c2cccc(F)c2)o1)Nc1ccc(Cl)c(C(F)(F)F)c1. The molecule has 3 rings (SSSR count). The molecule has 0 aliphatic carbocycles. The number of halogens is 5. The van der Waals surface area contributed by atoms with Crippen molar-refractivity contribution in [3.63, 3.8) is 0 Å². The van der Waals surface area contributed by atoms with Gasteiger partial charge < -0.3 is 9.73 Å². The van der Waals surface area contributed by atoms with Gasteiger partial charge in [0.15, 0.2) is 0 Å². The highest BCUT2D eigenvalue weighted by molar-refractivity contribution is 7.99. The number of thioether (sulfide) groups is 1. The molecule has 0 saturated heterocycles. The first-order valence-electron chi connectivity index (χ1n) is 7.61. The van der Waals surface area contributed by atoms with Crippen molar-refractivity contribution in [2.24, 2.45) is 0 Å². The summed E-state index contributed by atoms with van der Waals surface area (Å²) in [4.78, 5) is 12.0. The molecule has 11 heteroatoms. The summed E-state index contributed by atoms with van der Waals surface area (Å²) in [6, 6.07) is 8.60. The van der Waals surface area contributed by atoms with Crippen molar-refractivity contribution in [1.29, 1.82) is 0 Å². The predicted octanol–water partition coefficient (Wildman–Crippen LogP) is 5.28. The van der Waals surface area contributed by atoms with Gasteiger partial charge in [-0.1, -0.05) is 29.4 Å². The Morgan fingerprint density at radius 1 is 1.18 bits per heavy atom. The van der Waals surface area contributed by atoms with Crippen LogP contribution in [0.3, 0.4) is 0 Å². The van der Waals surface area contributed by atoms with E-state index in [1.807, 2.05) is 0 Å². The molecule has 0 fully saturated rings. The van der Waals surface area contributed by atoms with Gasteiger partial charge in [-0.3, -0.25) is 4.79 Å². The van der Waals surface area contributed by atoms with E-state index in [1.54, 1.807) is 6.07 Å². The number of rotatable bonds is 5. The molecular weight excluding hydrogens is 422 g/mol. The molecule has 28 heavy (non-hydrogen) atoms. The molecular formula is C17H10ClF4N3O2S. The Bertz CT molecular complexity index is 1010. The number of nitrogens with zero attached hydrogens (tertiary/aromatic N) is 2. The van der Waals surface area contributed by atoms with Crippen LogP contribution >= 0.6 is 23.4 Å². The van der Waals surface area contributed by atoms with Crippen molar-refractivity contribution in [2.45, 2.75) is 11.4 Å². The maximum Gasteiger partial charge on any atom is 0.417 e. The first kappa shape index (κ1) is 20.2. The van der Waals surface area contributed by atoms with Crippen molar-refractivity contribution in [2.75, 3.05) is 11.1 Å². The fourth-order valence-electron chi connectivity index (χ4n) is 2.15. The summed E-state index contributed by atoms with van der Waals surface area (Å²) < 4.78 is 57.1. The number of anilines is 1. The van der Waals surface area contributed by atoms with Gasteiger partial charge in [-0.05, 0) is 36.4 Å². The summed E-state index contributed by atoms with van der Waals surface area (Å²) in [5.74, 6) is -1.15. The normalized spacial score (nSPS) is 11.5. The Labute approximate surface area is 165 Å². The zero-order valence-corrected chi connectivity index (χ0v) is 15.3. The molecule has 2 aromatic carbocycles. The van der Waals surface area contributed by atoms with Crippen LogP contribution in [0.5, 0.6) is 0 Å². The minimum Gasteiger partial charge on any atom is -0.411 e. The minimum absolute atomic E-state index is 0.0479. The molecule has 0 spiro atoms.